The highest BCUT2D eigenvalue weighted by atomic mass is 19.1. The van der Waals surface area contributed by atoms with Crippen LogP contribution in [0.5, 0.6) is 5.75 Å². The highest BCUT2D eigenvalue weighted by Crippen LogP contribution is 2.44. The summed E-state index contributed by atoms with van der Waals surface area (Å²) in [5.41, 5.74) is 4.37. The van der Waals surface area contributed by atoms with Gasteiger partial charge in [-0.05, 0) is 46.5 Å². The summed E-state index contributed by atoms with van der Waals surface area (Å²) in [6, 6.07) is 20.1. The zero-order valence-corrected chi connectivity index (χ0v) is 17.2. The van der Waals surface area contributed by atoms with Gasteiger partial charge in [-0.1, -0.05) is 48.5 Å². The molecule has 0 heterocycles. The number of amides is 1. The maximum atomic E-state index is 12.9. The fourth-order valence-electron chi connectivity index (χ4n) is 3.87. The van der Waals surface area contributed by atoms with E-state index in [1.54, 1.807) is 0 Å². The summed E-state index contributed by atoms with van der Waals surface area (Å²) in [7, 11) is 0. The molecule has 0 fully saturated rings. The highest BCUT2D eigenvalue weighted by molar-refractivity contribution is 5.81. The minimum absolute atomic E-state index is 0.0247. The Hall–Kier alpha value is -3.87. The Kier molecular flexibility index (Phi) is 6.35. The number of carbonyl (C=O) groups is 2. The standard InChI is InChI=1S/C25H22FNO5/c26-16-9-11-17(12-10-16)31-14-13-23(24(28)29)27-25(30)32-15-22-20-7-3-1-5-18(20)19-6-2-4-8-21(19)22/h1-12,22-23H,13-15H2,(H,27,30)(H,28,29)/t23-/m0/s1. The van der Waals surface area contributed by atoms with Gasteiger partial charge in [-0.2, -0.15) is 0 Å². The molecule has 2 N–H and O–H groups in total. The van der Waals surface area contributed by atoms with Gasteiger partial charge in [0.05, 0.1) is 6.61 Å². The molecule has 3 aromatic carbocycles. The Morgan fingerprint density at radius 3 is 2.12 bits per heavy atom. The molecule has 0 unspecified atom stereocenters. The predicted molar refractivity (Wildman–Crippen MR) is 116 cm³/mol. The Morgan fingerprint density at radius 1 is 0.938 bits per heavy atom. The summed E-state index contributed by atoms with van der Waals surface area (Å²) in [6.45, 7) is 0.129. The van der Waals surface area contributed by atoms with Crippen molar-refractivity contribution in [1.29, 1.82) is 0 Å². The molecular weight excluding hydrogens is 413 g/mol. The third-order valence-corrected chi connectivity index (χ3v) is 5.42. The molecule has 3 aromatic rings. The van der Waals surface area contributed by atoms with E-state index in [4.69, 9.17) is 9.47 Å². The molecule has 1 amide bonds. The van der Waals surface area contributed by atoms with Gasteiger partial charge in [0.25, 0.3) is 0 Å². The van der Waals surface area contributed by atoms with Gasteiger partial charge < -0.3 is 19.9 Å². The fraction of sp³-hybridized carbons (Fsp3) is 0.200. The lowest BCUT2D eigenvalue weighted by Gasteiger charge is -2.17. The zero-order valence-electron chi connectivity index (χ0n) is 17.2. The number of rotatable bonds is 8. The van der Waals surface area contributed by atoms with Crippen molar-refractivity contribution in [2.75, 3.05) is 13.2 Å². The van der Waals surface area contributed by atoms with Crippen LogP contribution in [-0.2, 0) is 9.53 Å². The normalized spacial score (nSPS) is 13.0. The van der Waals surface area contributed by atoms with Crippen LogP contribution in [0.1, 0.15) is 23.5 Å². The van der Waals surface area contributed by atoms with Gasteiger partial charge in [0, 0.05) is 12.3 Å². The van der Waals surface area contributed by atoms with Crippen LogP contribution in [0.25, 0.3) is 11.1 Å². The molecule has 0 radical (unpaired) electrons. The summed E-state index contributed by atoms with van der Waals surface area (Å²) in [4.78, 5) is 23.9. The summed E-state index contributed by atoms with van der Waals surface area (Å²) < 4.78 is 23.8. The first-order valence-corrected chi connectivity index (χ1v) is 10.3. The average Bonchev–Trinajstić information content (AvgIpc) is 3.12. The molecule has 0 saturated carbocycles. The maximum absolute atomic E-state index is 12.9. The van der Waals surface area contributed by atoms with E-state index in [0.717, 1.165) is 22.3 Å². The molecule has 6 nitrogen and oxygen atoms in total. The first kappa shape index (κ1) is 21.4. The monoisotopic (exact) mass is 435 g/mol. The lowest BCUT2D eigenvalue weighted by molar-refractivity contribution is -0.139. The van der Waals surface area contributed by atoms with E-state index >= 15 is 0 Å². The third kappa shape index (κ3) is 4.72. The zero-order chi connectivity index (χ0) is 22.5. The summed E-state index contributed by atoms with van der Waals surface area (Å²) in [5, 5.41) is 11.8. The molecule has 1 aliphatic carbocycles. The largest absolute Gasteiger partial charge is 0.493 e. The number of carboxylic acid groups (broad SMARTS) is 1. The van der Waals surface area contributed by atoms with E-state index < -0.39 is 23.9 Å². The molecule has 0 aromatic heterocycles. The second-order valence-electron chi connectivity index (χ2n) is 7.45. The molecule has 0 spiro atoms. The first-order chi connectivity index (χ1) is 15.5. The van der Waals surface area contributed by atoms with Crippen molar-refractivity contribution in [1.82, 2.24) is 5.32 Å². The van der Waals surface area contributed by atoms with Gasteiger partial charge in [0.1, 0.15) is 24.2 Å². The molecular formula is C25H22FNO5. The molecule has 4 rings (SSSR count). The van der Waals surface area contributed by atoms with Crippen LogP contribution in [0.3, 0.4) is 0 Å². The number of alkyl carbamates (subject to hydrolysis) is 1. The van der Waals surface area contributed by atoms with Crippen molar-refractivity contribution >= 4 is 12.1 Å². The predicted octanol–water partition coefficient (Wildman–Crippen LogP) is 4.59. The number of nitrogens with one attached hydrogen (secondary N) is 1. The summed E-state index contributed by atoms with van der Waals surface area (Å²) in [5.74, 6) is -1.28. The van der Waals surface area contributed by atoms with Crippen LogP contribution in [0.15, 0.2) is 72.8 Å². The summed E-state index contributed by atoms with van der Waals surface area (Å²) in [6.07, 6.45) is -0.780. The number of carbonyl (C=O) groups excluding carboxylic acids is 1. The Labute approximate surface area is 184 Å². The van der Waals surface area contributed by atoms with Gasteiger partial charge in [0.15, 0.2) is 0 Å². The number of ether oxygens (including phenoxy) is 2. The van der Waals surface area contributed by atoms with E-state index in [1.165, 1.54) is 24.3 Å². The number of benzene rings is 3. The quantitative estimate of drug-likeness (QED) is 0.541. The number of halogens is 1. The van der Waals surface area contributed by atoms with E-state index in [-0.39, 0.29) is 25.6 Å². The molecule has 0 saturated heterocycles. The molecule has 32 heavy (non-hydrogen) atoms. The van der Waals surface area contributed by atoms with Crippen molar-refractivity contribution in [3.8, 4) is 16.9 Å². The molecule has 7 heteroatoms. The van der Waals surface area contributed by atoms with Crippen LogP contribution in [0.2, 0.25) is 0 Å². The van der Waals surface area contributed by atoms with Crippen LogP contribution in [0.4, 0.5) is 9.18 Å². The lowest BCUT2D eigenvalue weighted by Crippen LogP contribution is -2.42. The van der Waals surface area contributed by atoms with Crippen molar-refractivity contribution < 1.29 is 28.6 Å². The van der Waals surface area contributed by atoms with Crippen LogP contribution in [-0.4, -0.2) is 36.4 Å². The Morgan fingerprint density at radius 2 is 1.53 bits per heavy atom. The van der Waals surface area contributed by atoms with Gasteiger partial charge in [0.2, 0.25) is 0 Å². The average molecular weight is 435 g/mol. The number of hydrogen-bond acceptors (Lipinski definition) is 4. The van der Waals surface area contributed by atoms with Crippen LogP contribution >= 0.6 is 0 Å². The first-order valence-electron chi connectivity index (χ1n) is 10.3. The maximum Gasteiger partial charge on any atom is 0.407 e. The second-order valence-corrected chi connectivity index (χ2v) is 7.45. The SMILES string of the molecule is O=C(N[C@@H](CCOc1ccc(F)cc1)C(=O)O)OCC1c2ccccc2-c2ccccc21. The summed E-state index contributed by atoms with van der Waals surface area (Å²) >= 11 is 0. The van der Waals surface area contributed by atoms with Crippen molar-refractivity contribution in [3.05, 3.63) is 89.7 Å². The second kappa shape index (κ2) is 9.51. The Balaban J connectivity index is 1.33. The minimum atomic E-state index is -1.19. The molecule has 0 bridgehead atoms. The topological polar surface area (TPSA) is 84.9 Å². The minimum Gasteiger partial charge on any atom is -0.493 e. The number of aliphatic carboxylic acids is 1. The van der Waals surface area contributed by atoms with Gasteiger partial charge in [-0.3, -0.25) is 0 Å². The van der Waals surface area contributed by atoms with E-state index in [0.29, 0.717) is 5.75 Å². The molecule has 1 atom stereocenters. The smallest absolute Gasteiger partial charge is 0.407 e. The van der Waals surface area contributed by atoms with Crippen molar-refractivity contribution in [2.24, 2.45) is 0 Å². The number of carboxylic acids is 1. The highest BCUT2D eigenvalue weighted by Gasteiger charge is 2.29. The number of hydrogen-bond donors (Lipinski definition) is 2. The Bertz CT molecular complexity index is 1070. The van der Waals surface area contributed by atoms with E-state index in [1.807, 2.05) is 48.5 Å². The molecule has 0 aliphatic heterocycles. The molecule has 164 valence electrons. The van der Waals surface area contributed by atoms with Gasteiger partial charge in [-0.25, -0.2) is 14.0 Å². The molecule has 1 aliphatic rings. The van der Waals surface area contributed by atoms with Crippen molar-refractivity contribution in [2.45, 2.75) is 18.4 Å². The van der Waals surface area contributed by atoms with E-state index in [2.05, 4.69) is 5.32 Å². The van der Waals surface area contributed by atoms with Gasteiger partial charge in [-0.15, -0.1) is 0 Å². The number of fused-ring (bicyclic) bond motifs is 3. The van der Waals surface area contributed by atoms with E-state index in [9.17, 15) is 19.1 Å². The fourth-order valence-corrected chi connectivity index (χ4v) is 3.87. The third-order valence-electron chi connectivity index (χ3n) is 5.42. The van der Waals surface area contributed by atoms with Crippen molar-refractivity contribution in [3.63, 3.8) is 0 Å². The lowest BCUT2D eigenvalue weighted by atomic mass is 9.98. The van der Waals surface area contributed by atoms with Gasteiger partial charge >= 0.3 is 12.1 Å². The van der Waals surface area contributed by atoms with Crippen LogP contribution in [0, 0.1) is 5.82 Å². The van der Waals surface area contributed by atoms with Crippen LogP contribution < -0.4 is 10.1 Å².